The average Bonchev–Trinajstić information content (AvgIpc) is 3.34. The standard InChI is InChI=1S/C25H34N2O2/c1-18(2)26(3)23-17-25(13-7-15-29-25)14-12-22(23)27(4)24(28)16-20-11-10-19-8-5-6-9-21(19)20/h5-6,8-9,11,22-23H,1,7,10,12-17H2,2-4H3. The molecule has 0 radical (unpaired) electrons. The van der Waals surface area contributed by atoms with Crippen LogP contribution < -0.4 is 0 Å². The van der Waals surface area contributed by atoms with Gasteiger partial charge < -0.3 is 14.5 Å². The molecule has 0 bridgehead atoms. The van der Waals surface area contributed by atoms with E-state index >= 15 is 0 Å². The van der Waals surface area contributed by atoms with Gasteiger partial charge >= 0.3 is 0 Å². The first kappa shape index (κ1) is 20.2. The molecule has 4 heteroatoms. The maximum absolute atomic E-state index is 13.3. The van der Waals surface area contributed by atoms with Crippen LogP contribution in [0.15, 0.2) is 42.6 Å². The number of benzene rings is 1. The van der Waals surface area contributed by atoms with Crippen molar-refractivity contribution in [3.63, 3.8) is 0 Å². The molecule has 2 aliphatic carbocycles. The van der Waals surface area contributed by atoms with Gasteiger partial charge in [-0.05, 0) is 62.1 Å². The third-order valence-corrected chi connectivity index (χ3v) is 7.37. The summed E-state index contributed by atoms with van der Waals surface area (Å²) < 4.78 is 6.21. The Hall–Kier alpha value is -2.07. The number of amides is 1. The molecule has 1 heterocycles. The zero-order valence-corrected chi connectivity index (χ0v) is 18.1. The number of allylic oxidation sites excluding steroid dienone is 2. The lowest BCUT2D eigenvalue weighted by Crippen LogP contribution is -2.57. The summed E-state index contributed by atoms with van der Waals surface area (Å²) in [5.74, 6) is 0.210. The van der Waals surface area contributed by atoms with E-state index in [2.05, 4.69) is 55.8 Å². The van der Waals surface area contributed by atoms with E-state index in [4.69, 9.17) is 4.74 Å². The molecule has 1 amide bonds. The van der Waals surface area contributed by atoms with Gasteiger partial charge in [0.1, 0.15) is 0 Å². The van der Waals surface area contributed by atoms with Crippen molar-refractivity contribution in [2.45, 2.75) is 69.6 Å². The summed E-state index contributed by atoms with van der Waals surface area (Å²) >= 11 is 0. The number of hydrogen-bond acceptors (Lipinski definition) is 3. The maximum Gasteiger partial charge on any atom is 0.227 e. The van der Waals surface area contributed by atoms with Crippen LogP contribution in [-0.2, 0) is 16.0 Å². The summed E-state index contributed by atoms with van der Waals surface area (Å²) in [7, 11) is 4.10. The van der Waals surface area contributed by atoms with Crippen LogP contribution in [0.4, 0.5) is 0 Å². The van der Waals surface area contributed by atoms with Gasteiger partial charge in [0.25, 0.3) is 0 Å². The van der Waals surface area contributed by atoms with Gasteiger partial charge in [0.05, 0.1) is 24.1 Å². The summed E-state index contributed by atoms with van der Waals surface area (Å²) in [5, 5.41) is 0. The third kappa shape index (κ3) is 3.87. The van der Waals surface area contributed by atoms with E-state index in [0.717, 1.165) is 50.8 Å². The lowest BCUT2D eigenvalue weighted by Gasteiger charge is -2.49. The van der Waals surface area contributed by atoms with Crippen molar-refractivity contribution in [2.75, 3.05) is 20.7 Å². The summed E-state index contributed by atoms with van der Waals surface area (Å²) in [5.41, 5.74) is 4.79. The van der Waals surface area contributed by atoms with Crippen LogP contribution in [0, 0.1) is 0 Å². The van der Waals surface area contributed by atoms with Gasteiger partial charge in [0.15, 0.2) is 0 Å². The zero-order chi connectivity index (χ0) is 20.6. The van der Waals surface area contributed by atoms with Crippen LogP contribution in [0.1, 0.15) is 56.6 Å². The van der Waals surface area contributed by atoms with Crippen LogP contribution in [0.5, 0.6) is 0 Å². The summed E-state index contributed by atoms with van der Waals surface area (Å²) in [6.45, 7) is 7.09. The van der Waals surface area contributed by atoms with Crippen molar-refractivity contribution in [2.24, 2.45) is 0 Å². The molecule has 1 saturated heterocycles. The third-order valence-electron chi connectivity index (χ3n) is 7.37. The van der Waals surface area contributed by atoms with Crippen LogP contribution in [0.25, 0.3) is 5.57 Å². The van der Waals surface area contributed by atoms with Crippen molar-refractivity contribution in [3.8, 4) is 0 Å². The topological polar surface area (TPSA) is 32.8 Å². The van der Waals surface area contributed by atoms with E-state index in [1.165, 1.54) is 16.7 Å². The van der Waals surface area contributed by atoms with E-state index in [9.17, 15) is 4.79 Å². The molecule has 156 valence electrons. The molecule has 1 aromatic carbocycles. The lowest BCUT2D eigenvalue weighted by molar-refractivity contribution is -0.135. The minimum absolute atomic E-state index is 0.00167. The molecule has 1 spiro atoms. The number of ether oxygens (including phenoxy) is 1. The second-order valence-electron chi connectivity index (χ2n) is 9.13. The number of carbonyl (C=O) groups excluding carboxylic acids is 1. The quantitative estimate of drug-likeness (QED) is 0.742. The molecule has 4 rings (SSSR count). The normalized spacial score (nSPS) is 28.2. The fraction of sp³-hybridized carbons (Fsp3) is 0.560. The number of rotatable bonds is 5. The molecule has 1 aliphatic heterocycles. The predicted molar refractivity (Wildman–Crippen MR) is 117 cm³/mol. The Labute approximate surface area is 175 Å². The van der Waals surface area contributed by atoms with E-state index in [1.807, 2.05) is 11.9 Å². The van der Waals surface area contributed by atoms with Crippen LogP contribution in [0.3, 0.4) is 0 Å². The molecule has 29 heavy (non-hydrogen) atoms. The average molecular weight is 395 g/mol. The molecule has 4 nitrogen and oxygen atoms in total. The number of nitrogens with zero attached hydrogens (tertiary/aromatic N) is 2. The number of fused-ring (bicyclic) bond motifs is 1. The van der Waals surface area contributed by atoms with E-state index in [0.29, 0.717) is 6.42 Å². The van der Waals surface area contributed by atoms with Crippen molar-refractivity contribution < 1.29 is 9.53 Å². The van der Waals surface area contributed by atoms with E-state index in [1.54, 1.807) is 0 Å². The van der Waals surface area contributed by atoms with Crippen molar-refractivity contribution in [1.29, 1.82) is 0 Å². The maximum atomic E-state index is 13.3. The number of hydrogen-bond donors (Lipinski definition) is 0. The van der Waals surface area contributed by atoms with Crippen molar-refractivity contribution in [1.82, 2.24) is 9.80 Å². The number of likely N-dealkylation sites (N-methyl/N-ethyl adjacent to an activating group) is 2. The zero-order valence-electron chi connectivity index (χ0n) is 18.1. The predicted octanol–water partition coefficient (Wildman–Crippen LogP) is 4.41. The van der Waals surface area contributed by atoms with Crippen molar-refractivity contribution >= 4 is 11.5 Å². The fourth-order valence-corrected chi connectivity index (χ4v) is 5.46. The summed E-state index contributed by atoms with van der Waals surface area (Å²) in [6.07, 6.45) is 8.93. The molecule has 3 atom stereocenters. The Kier molecular flexibility index (Phi) is 5.56. The highest BCUT2D eigenvalue weighted by Gasteiger charge is 2.46. The molecular formula is C25H34N2O2. The molecule has 1 saturated carbocycles. The lowest BCUT2D eigenvalue weighted by atomic mass is 9.76. The van der Waals surface area contributed by atoms with Gasteiger partial charge in [-0.25, -0.2) is 0 Å². The highest BCUT2D eigenvalue weighted by atomic mass is 16.5. The first-order chi connectivity index (χ1) is 13.9. The van der Waals surface area contributed by atoms with Gasteiger partial charge in [-0.1, -0.05) is 36.9 Å². The van der Waals surface area contributed by atoms with Gasteiger partial charge in [-0.3, -0.25) is 4.79 Å². The molecule has 1 aromatic rings. The van der Waals surface area contributed by atoms with Crippen LogP contribution >= 0.6 is 0 Å². The Bertz CT molecular complexity index is 822. The van der Waals surface area contributed by atoms with Crippen LogP contribution in [0.2, 0.25) is 0 Å². The fourth-order valence-electron chi connectivity index (χ4n) is 5.46. The van der Waals surface area contributed by atoms with Gasteiger partial charge in [-0.2, -0.15) is 0 Å². The molecule has 0 aromatic heterocycles. The smallest absolute Gasteiger partial charge is 0.227 e. The van der Waals surface area contributed by atoms with E-state index in [-0.39, 0.29) is 23.6 Å². The second-order valence-corrected chi connectivity index (χ2v) is 9.13. The second kappa shape index (κ2) is 7.98. The molecular weight excluding hydrogens is 360 g/mol. The van der Waals surface area contributed by atoms with Gasteiger partial charge in [-0.15, -0.1) is 0 Å². The molecule has 3 unspecified atom stereocenters. The summed E-state index contributed by atoms with van der Waals surface area (Å²) in [6, 6.07) is 8.87. The number of carbonyl (C=O) groups is 1. The monoisotopic (exact) mass is 394 g/mol. The largest absolute Gasteiger partial charge is 0.375 e. The highest BCUT2D eigenvalue weighted by Crippen LogP contribution is 2.43. The van der Waals surface area contributed by atoms with Gasteiger partial charge in [0, 0.05) is 26.4 Å². The first-order valence-corrected chi connectivity index (χ1v) is 11.0. The molecule has 3 aliphatic rings. The van der Waals surface area contributed by atoms with Gasteiger partial charge in [0.2, 0.25) is 5.91 Å². The van der Waals surface area contributed by atoms with Crippen molar-refractivity contribution in [3.05, 3.63) is 53.7 Å². The first-order valence-electron chi connectivity index (χ1n) is 11.0. The Morgan fingerprint density at radius 1 is 1.21 bits per heavy atom. The Morgan fingerprint density at radius 3 is 2.72 bits per heavy atom. The Balaban J connectivity index is 1.49. The minimum atomic E-state index is 0.00167. The summed E-state index contributed by atoms with van der Waals surface area (Å²) in [4.78, 5) is 17.5. The highest BCUT2D eigenvalue weighted by molar-refractivity contribution is 5.90. The minimum Gasteiger partial charge on any atom is -0.375 e. The van der Waals surface area contributed by atoms with E-state index < -0.39 is 0 Å². The molecule has 0 N–H and O–H groups in total. The Morgan fingerprint density at radius 2 is 2.00 bits per heavy atom. The molecule has 2 fully saturated rings. The SMILES string of the molecule is C=C(C)N(C)C1CC2(CCCO2)CCC1N(C)C(=O)CC1=CCc2ccccc21. The van der Waals surface area contributed by atoms with Crippen LogP contribution in [-0.4, -0.2) is 54.1 Å².